The molecule has 0 fully saturated rings. The first-order valence-electron chi connectivity index (χ1n) is 3.20. The van der Waals surface area contributed by atoms with E-state index < -0.39 is 0 Å². The summed E-state index contributed by atoms with van der Waals surface area (Å²) in [5.74, 6) is 0. The highest BCUT2D eigenvalue weighted by atomic mass is 79.9. The number of rotatable bonds is 2. The SMILES string of the molecule is C=C(C)C=C(Br)C=C(C)C. The molecule has 0 amide bonds. The monoisotopic (exact) mass is 200 g/mol. The van der Waals surface area contributed by atoms with Crippen LogP contribution in [0, 0.1) is 0 Å². The fraction of sp³-hybridized carbons (Fsp3) is 0.333. The van der Waals surface area contributed by atoms with Crippen LogP contribution in [0.3, 0.4) is 0 Å². The van der Waals surface area contributed by atoms with Crippen LogP contribution in [0.5, 0.6) is 0 Å². The van der Waals surface area contributed by atoms with Crippen molar-refractivity contribution in [2.75, 3.05) is 0 Å². The fourth-order valence-electron chi connectivity index (χ4n) is 0.553. The smallest absolute Gasteiger partial charge is 0.0177 e. The molecule has 0 aliphatic heterocycles. The summed E-state index contributed by atoms with van der Waals surface area (Å²) in [7, 11) is 0. The fourth-order valence-corrected chi connectivity index (χ4v) is 1.40. The van der Waals surface area contributed by atoms with E-state index in [9.17, 15) is 0 Å². The van der Waals surface area contributed by atoms with Crippen LogP contribution in [-0.4, -0.2) is 0 Å². The summed E-state index contributed by atoms with van der Waals surface area (Å²) in [6.07, 6.45) is 4.06. The van der Waals surface area contributed by atoms with E-state index in [1.165, 1.54) is 5.57 Å². The lowest BCUT2D eigenvalue weighted by molar-refractivity contribution is 1.39. The molecule has 56 valence electrons. The van der Waals surface area contributed by atoms with Crippen LogP contribution in [0.15, 0.2) is 34.4 Å². The average molecular weight is 201 g/mol. The Labute approximate surface area is 71.5 Å². The van der Waals surface area contributed by atoms with Crippen molar-refractivity contribution < 1.29 is 0 Å². The summed E-state index contributed by atoms with van der Waals surface area (Å²) in [6, 6.07) is 0. The van der Waals surface area contributed by atoms with Gasteiger partial charge in [0.2, 0.25) is 0 Å². The number of hydrogen-bond acceptors (Lipinski definition) is 0. The van der Waals surface area contributed by atoms with Crippen molar-refractivity contribution >= 4 is 15.9 Å². The van der Waals surface area contributed by atoms with Gasteiger partial charge >= 0.3 is 0 Å². The molecule has 0 bridgehead atoms. The molecule has 0 aromatic heterocycles. The Bertz CT molecular complexity index is 181. The lowest BCUT2D eigenvalue weighted by Gasteiger charge is -1.91. The zero-order valence-corrected chi connectivity index (χ0v) is 8.33. The van der Waals surface area contributed by atoms with Gasteiger partial charge in [-0.25, -0.2) is 0 Å². The highest BCUT2D eigenvalue weighted by Crippen LogP contribution is 2.11. The molecule has 0 radical (unpaired) electrons. The maximum Gasteiger partial charge on any atom is 0.0177 e. The van der Waals surface area contributed by atoms with Gasteiger partial charge in [-0.1, -0.05) is 33.7 Å². The van der Waals surface area contributed by atoms with Crippen molar-refractivity contribution in [3.8, 4) is 0 Å². The molecule has 0 unspecified atom stereocenters. The molecule has 0 aromatic rings. The lowest BCUT2D eigenvalue weighted by atomic mass is 10.2. The molecule has 0 aromatic carbocycles. The van der Waals surface area contributed by atoms with Crippen LogP contribution in [0.1, 0.15) is 20.8 Å². The number of allylic oxidation sites excluding steroid dienone is 5. The van der Waals surface area contributed by atoms with Crippen molar-refractivity contribution in [1.82, 2.24) is 0 Å². The topological polar surface area (TPSA) is 0 Å². The average Bonchev–Trinajstić information content (AvgIpc) is 1.58. The summed E-state index contributed by atoms with van der Waals surface area (Å²) < 4.78 is 1.08. The largest absolute Gasteiger partial charge is 0.0961 e. The summed E-state index contributed by atoms with van der Waals surface area (Å²) in [5, 5.41) is 0. The van der Waals surface area contributed by atoms with E-state index in [2.05, 4.69) is 42.4 Å². The quantitative estimate of drug-likeness (QED) is 0.596. The molecule has 0 aliphatic carbocycles. The third kappa shape index (κ3) is 5.83. The minimum absolute atomic E-state index is 1.06. The van der Waals surface area contributed by atoms with E-state index in [4.69, 9.17) is 0 Å². The predicted octanol–water partition coefficient (Wildman–Crippen LogP) is 3.81. The first-order valence-corrected chi connectivity index (χ1v) is 3.99. The van der Waals surface area contributed by atoms with Gasteiger partial charge < -0.3 is 0 Å². The highest BCUT2D eigenvalue weighted by molar-refractivity contribution is 9.11. The van der Waals surface area contributed by atoms with Crippen LogP contribution < -0.4 is 0 Å². The Morgan fingerprint density at radius 2 is 1.70 bits per heavy atom. The number of halogens is 1. The molecular formula is C9H13Br. The second-order valence-corrected chi connectivity index (χ2v) is 3.51. The summed E-state index contributed by atoms with van der Waals surface area (Å²) >= 11 is 3.40. The third-order valence-electron chi connectivity index (χ3n) is 0.811. The predicted molar refractivity (Wildman–Crippen MR) is 51.3 cm³/mol. The van der Waals surface area contributed by atoms with Crippen molar-refractivity contribution in [2.45, 2.75) is 20.8 Å². The Morgan fingerprint density at radius 3 is 2.00 bits per heavy atom. The van der Waals surface area contributed by atoms with Gasteiger partial charge in [-0.2, -0.15) is 0 Å². The third-order valence-corrected chi connectivity index (χ3v) is 1.27. The van der Waals surface area contributed by atoms with Crippen LogP contribution in [0.25, 0.3) is 0 Å². The van der Waals surface area contributed by atoms with E-state index in [0.29, 0.717) is 0 Å². The molecule has 0 heterocycles. The molecular weight excluding hydrogens is 188 g/mol. The van der Waals surface area contributed by atoms with Crippen LogP contribution in [-0.2, 0) is 0 Å². The molecule has 0 nitrogen and oxygen atoms in total. The Balaban J connectivity index is 4.22. The van der Waals surface area contributed by atoms with E-state index >= 15 is 0 Å². The van der Waals surface area contributed by atoms with E-state index in [-0.39, 0.29) is 0 Å². The van der Waals surface area contributed by atoms with E-state index in [1.54, 1.807) is 0 Å². The van der Waals surface area contributed by atoms with Crippen LogP contribution in [0.2, 0.25) is 0 Å². The first kappa shape index (κ1) is 9.70. The summed E-state index contributed by atoms with van der Waals surface area (Å²) in [5.41, 5.74) is 2.34. The Morgan fingerprint density at radius 1 is 1.20 bits per heavy atom. The highest BCUT2D eigenvalue weighted by Gasteiger charge is 1.84. The van der Waals surface area contributed by atoms with Crippen LogP contribution in [0.4, 0.5) is 0 Å². The molecule has 0 rings (SSSR count). The second kappa shape index (κ2) is 4.51. The van der Waals surface area contributed by atoms with Gasteiger partial charge in [0, 0.05) is 4.48 Å². The van der Waals surface area contributed by atoms with Gasteiger partial charge in [-0.15, -0.1) is 0 Å². The lowest BCUT2D eigenvalue weighted by Crippen LogP contribution is -1.68. The van der Waals surface area contributed by atoms with Gasteiger partial charge in [0.25, 0.3) is 0 Å². The van der Waals surface area contributed by atoms with Gasteiger partial charge in [-0.05, 0) is 32.9 Å². The van der Waals surface area contributed by atoms with Crippen molar-refractivity contribution in [2.24, 2.45) is 0 Å². The molecule has 0 spiro atoms. The molecule has 0 N–H and O–H groups in total. The van der Waals surface area contributed by atoms with Crippen molar-refractivity contribution in [3.05, 3.63) is 34.4 Å². The number of hydrogen-bond donors (Lipinski definition) is 0. The molecule has 10 heavy (non-hydrogen) atoms. The summed E-state index contributed by atoms with van der Waals surface area (Å²) in [6.45, 7) is 9.87. The van der Waals surface area contributed by atoms with Crippen molar-refractivity contribution in [3.63, 3.8) is 0 Å². The van der Waals surface area contributed by atoms with E-state index in [1.807, 2.05) is 13.0 Å². The van der Waals surface area contributed by atoms with Gasteiger partial charge in [0.1, 0.15) is 0 Å². The van der Waals surface area contributed by atoms with Gasteiger partial charge in [0.05, 0.1) is 0 Å². The molecule has 0 atom stereocenters. The standard InChI is InChI=1S/C9H13Br/c1-7(2)5-9(10)6-8(3)4/h5-6H,1H2,2-4H3. The Kier molecular flexibility index (Phi) is 4.37. The van der Waals surface area contributed by atoms with Crippen molar-refractivity contribution in [1.29, 1.82) is 0 Å². The molecule has 0 saturated carbocycles. The molecule has 1 heteroatoms. The Hall–Kier alpha value is -0.300. The minimum atomic E-state index is 1.06. The second-order valence-electron chi connectivity index (χ2n) is 2.60. The zero-order chi connectivity index (χ0) is 8.15. The maximum atomic E-state index is 3.77. The van der Waals surface area contributed by atoms with Crippen LogP contribution >= 0.6 is 15.9 Å². The molecule has 0 aliphatic rings. The normalized spacial score (nSPS) is 11.0. The van der Waals surface area contributed by atoms with E-state index in [0.717, 1.165) is 10.1 Å². The van der Waals surface area contributed by atoms with Gasteiger partial charge in [-0.3, -0.25) is 0 Å². The zero-order valence-electron chi connectivity index (χ0n) is 6.74. The molecule has 0 saturated heterocycles. The maximum absolute atomic E-state index is 3.77. The minimum Gasteiger partial charge on any atom is -0.0961 e. The van der Waals surface area contributed by atoms with Gasteiger partial charge in [0.15, 0.2) is 0 Å². The first-order chi connectivity index (χ1) is 4.52. The summed E-state index contributed by atoms with van der Waals surface area (Å²) in [4.78, 5) is 0.